The zero-order valence-electron chi connectivity index (χ0n) is 14.3. The molecule has 134 valence electrons. The lowest BCUT2D eigenvalue weighted by Gasteiger charge is -2.32. The van der Waals surface area contributed by atoms with E-state index in [9.17, 15) is 14.4 Å². The summed E-state index contributed by atoms with van der Waals surface area (Å²) in [6, 6.07) is 5.16. The highest BCUT2D eigenvalue weighted by Gasteiger charge is 2.31. The van der Waals surface area contributed by atoms with Crippen LogP contribution in [0.3, 0.4) is 0 Å². The predicted molar refractivity (Wildman–Crippen MR) is 91.9 cm³/mol. The number of anilines is 1. The molecule has 1 aromatic heterocycles. The largest absolute Gasteiger partial charge is 0.336 e. The Kier molecular flexibility index (Phi) is 5.28. The van der Waals surface area contributed by atoms with Crippen LogP contribution in [0.2, 0.25) is 0 Å². The molecule has 1 atom stereocenters. The van der Waals surface area contributed by atoms with Crippen LogP contribution in [0.5, 0.6) is 0 Å². The first-order valence-corrected chi connectivity index (χ1v) is 8.58. The Bertz CT molecular complexity index is 678. The summed E-state index contributed by atoms with van der Waals surface area (Å²) in [5.41, 5.74) is 0.845. The van der Waals surface area contributed by atoms with Crippen molar-refractivity contribution in [3.05, 3.63) is 23.9 Å². The van der Waals surface area contributed by atoms with E-state index >= 15 is 0 Å². The first-order chi connectivity index (χ1) is 12.0. The molecule has 8 heteroatoms. The molecule has 0 aliphatic carbocycles. The van der Waals surface area contributed by atoms with Crippen LogP contribution in [-0.4, -0.2) is 65.4 Å². The van der Waals surface area contributed by atoms with Crippen molar-refractivity contribution in [3.8, 4) is 0 Å². The van der Waals surface area contributed by atoms with Crippen molar-refractivity contribution in [1.29, 1.82) is 0 Å². The van der Waals surface area contributed by atoms with E-state index in [1.807, 2.05) is 24.0 Å². The second kappa shape index (κ2) is 7.60. The summed E-state index contributed by atoms with van der Waals surface area (Å²) in [6.45, 7) is 4.22. The monoisotopic (exact) mass is 345 g/mol. The molecule has 25 heavy (non-hydrogen) atoms. The van der Waals surface area contributed by atoms with Crippen LogP contribution in [0.15, 0.2) is 18.2 Å². The van der Waals surface area contributed by atoms with Gasteiger partial charge in [0.2, 0.25) is 11.8 Å². The number of urea groups is 1. The SMILES string of the molecule is Cc1cccc(NC(=O)C2CCCN(CC(=O)N3CCNC3=O)C2)n1. The number of nitrogens with zero attached hydrogens (tertiary/aromatic N) is 3. The number of likely N-dealkylation sites (tertiary alicyclic amines) is 1. The fourth-order valence-corrected chi connectivity index (χ4v) is 3.24. The van der Waals surface area contributed by atoms with Crippen molar-refractivity contribution < 1.29 is 14.4 Å². The van der Waals surface area contributed by atoms with E-state index in [1.165, 1.54) is 4.90 Å². The molecule has 1 unspecified atom stereocenters. The maximum absolute atomic E-state index is 12.5. The van der Waals surface area contributed by atoms with Crippen molar-refractivity contribution in [2.75, 3.05) is 38.0 Å². The van der Waals surface area contributed by atoms with Crippen LogP contribution in [-0.2, 0) is 9.59 Å². The lowest BCUT2D eigenvalue weighted by atomic mass is 9.97. The van der Waals surface area contributed by atoms with Gasteiger partial charge in [-0.25, -0.2) is 9.78 Å². The predicted octanol–water partition coefficient (Wildman–Crippen LogP) is 0.592. The number of aryl methyl sites for hydroxylation is 1. The van der Waals surface area contributed by atoms with Gasteiger partial charge in [-0.15, -0.1) is 0 Å². The number of carbonyl (C=O) groups excluding carboxylic acids is 3. The summed E-state index contributed by atoms with van der Waals surface area (Å²) >= 11 is 0. The second-order valence-corrected chi connectivity index (χ2v) is 6.51. The quantitative estimate of drug-likeness (QED) is 0.833. The van der Waals surface area contributed by atoms with Gasteiger partial charge in [0.1, 0.15) is 5.82 Å². The topological polar surface area (TPSA) is 94.6 Å². The molecule has 2 fully saturated rings. The number of rotatable bonds is 4. The lowest BCUT2D eigenvalue weighted by Crippen LogP contribution is -2.47. The number of pyridine rings is 1. The van der Waals surface area contributed by atoms with Gasteiger partial charge in [0.25, 0.3) is 0 Å². The average Bonchev–Trinajstić information content (AvgIpc) is 3.01. The molecule has 3 heterocycles. The molecule has 0 spiro atoms. The summed E-state index contributed by atoms with van der Waals surface area (Å²) in [7, 11) is 0. The number of hydrogen-bond donors (Lipinski definition) is 2. The molecule has 4 amide bonds. The van der Waals surface area contributed by atoms with E-state index in [4.69, 9.17) is 0 Å². The van der Waals surface area contributed by atoms with Crippen LogP contribution in [0.25, 0.3) is 0 Å². The number of amides is 4. The van der Waals surface area contributed by atoms with Gasteiger partial charge in [-0.1, -0.05) is 6.07 Å². The van der Waals surface area contributed by atoms with Crippen LogP contribution in [0.4, 0.5) is 10.6 Å². The van der Waals surface area contributed by atoms with E-state index in [0.717, 1.165) is 25.1 Å². The van der Waals surface area contributed by atoms with Crippen molar-refractivity contribution in [2.24, 2.45) is 5.92 Å². The van der Waals surface area contributed by atoms with E-state index in [1.54, 1.807) is 6.07 Å². The number of aromatic nitrogens is 1. The molecular weight excluding hydrogens is 322 g/mol. The molecular formula is C17H23N5O3. The van der Waals surface area contributed by atoms with Gasteiger partial charge in [-0.2, -0.15) is 0 Å². The molecule has 0 aromatic carbocycles. The molecule has 0 radical (unpaired) electrons. The number of carbonyl (C=O) groups is 3. The van der Waals surface area contributed by atoms with Gasteiger partial charge >= 0.3 is 6.03 Å². The van der Waals surface area contributed by atoms with E-state index < -0.39 is 0 Å². The average molecular weight is 345 g/mol. The summed E-state index contributed by atoms with van der Waals surface area (Å²) < 4.78 is 0. The molecule has 2 saturated heterocycles. The minimum absolute atomic E-state index is 0.0748. The lowest BCUT2D eigenvalue weighted by molar-refractivity contribution is -0.130. The van der Waals surface area contributed by atoms with Gasteiger partial charge in [-0.3, -0.25) is 19.4 Å². The van der Waals surface area contributed by atoms with E-state index in [0.29, 0.717) is 25.5 Å². The highest BCUT2D eigenvalue weighted by atomic mass is 16.2. The summed E-state index contributed by atoms with van der Waals surface area (Å²) in [5.74, 6) is 0.0776. The fourth-order valence-electron chi connectivity index (χ4n) is 3.24. The maximum atomic E-state index is 12.5. The molecule has 2 aliphatic heterocycles. The van der Waals surface area contributed by atoms with E-state index in [2.05, 4.69) is 15.6 Å². The number of piperidine rings is 1. The number of imide groups is 1. The minimum atomic E-state index is -0.332. The van der Waals surface area contributed by atoms with Crippen molar-refractivity contribution >= 4 is 23.7 Å². The Morgan fingerprint density at radius 1 is 1.36 bits per heavy atom. The number of nitrogens with one attached hydrogen (secondary N) is 2. The second-order valence-electron chi connectivity index (χ2n) is 6.51. The summed E-state index contributed by atoms with van der Waals surface area (Å²) in [6.07, 6.45) is 1.63. The summed E-state index contributed by atoms with van der Waals surface area (Å²) in [5, 5.41) is 5.48. The van der Waals surface area contributed by atoms with E-state index in [-0.39, 0.29) is 30.3 Å². The zero-order valence-corrected chi connectivity index (χ0v) is 14.3. The molecule has 0 bridgehead atoms. The molecule has 2 aliphatic rings. The first-order valence-electron chi connectivity index (χ1n) is 8.58. The van der Waals surface area contributed by atoms with Crippen LogP contribution >= 0.6 is 0 Å². The Balaban J connectivity index is 1.54. The maximum Gasteiger partial charge on any atom is 0.324 e. The third kappa shape index (κ3) is 4.33. The van der Waals surface area contributed by atoms with Crippen LogP contribution in [0.1, 0.15) is 18.5 Å². The highest BCUT2D eigenvalue weighted by Crippen LogP contribution is 2.18. The third-order valence-corrected chi connectivity index (χ3v) is 4.53. The van der Waals surface area contributed by atoms with Crippen LogP contribution < -0.4 is 10.6 Å². The van der Waals surface area contributed by atoms with Gasteiger partial charge in [0, 0.05) is 25.3 Å². The standard InChI is InChI=1S/C17H23N5O3/c1-12-4-2-6-14(19-12)20-16(24)13-5-3-8-21(10-13)11-15(23)22-9-7-18-17(22)25/h2,4,6,13H,3,5,7-11H2,1H3,(H,18,25)(H,19,20,24). The fraction of sp³-hybridized carbons (Fsp3) is 0.529. The third-order valence-electron chi connectivity index (χ3n) is 4.53. The smallest absolute Gasteiger partial charge is 0.324 e. The molecule has 0 saturated carbocycles. The zero-order chi connectivity index (χ0) is 17.8. The molecule has 2 N–H and O–H groups in total. The Morgan fingerprint density at radius 2 is 2.20 bits per heavy atom. The Hall–Kier alpha value is -2.48. The molecule has 1 aromatic rings. The highest BCUT2D eigenvalue weighted by molar-refractivity contribution is 5.96. The van der Waals surface area contributed by atoms with Crippen molar-refractivity contribution in [3.63, 3.8) is 0 Å². The molecule has 3 rings (SSSR count). The Morgan fingerprint density at radius 3 is 2.92 bits per heavy atom. The Labute approximate surface area is 146 Å². The summed E-state index contributed by atoms with van der Waals surface area (Å²) in [4.78, 5) is 43.8. The van der Waals surface area contributed by atoms with Gasteiger partial charge in [-0.05, 0) is 38.4 Å². The van der Waals surface area contributed by atoms with Gasteiger partial charge in [0.15, 0.2) is 0 Å². The van der Waals surface area contributed by atoms with Crippen LogP contribution in [0, 0.1) is 12.8 Å². The number of hydrogen-bond acceptors (Lipinski definition) is 5. The normalized spacial score (nSPS) is 21.1. The van der Waals surface area contributed by atoms with Gasteiger partial charge in [0.05, 0.1) is 12.5 Å². The minimum Gasteiger partial charge on any atom is -0.336 e. The molecule has 8 nitrogen and oxygen atoms in total. The van der Waals surface area contributed by atoms with Crippen molar-refractivity contribution in [1.82, 2.24) is 20.1 Å². The van der Waals surface area contributed by atoms with Crippen molar-refractivity contribution in [2.45, 2.75) is 19.8 Å². The first kappa shape index (κ1) is 17.3. The van der Waals surface area contributed by atoms with Gasteiger partial charge < -0.3 is 10.6 Å².